The molecule has 1 atom stereocenters. The van der Waals surface area contributed by atoms with Crippen molar-refractivity contribution in [3.05, 3.63) is 54.0 Å². The van der Waals surface area contributed by atoms with Gasteiger partial charge in [-0.05, 0) is 68.6 Å². The second-order valence-corrected chi connectivity index (χ2v) is 8.05. The van der Waals surface area contributed by atoms with Gasteiger partial charge in [-0.1, -0.05) is 11.6 Å². The summed E-state index contributed by atoms with van der Waals surface area (Å²) in [4.78, 5) is 23.9. The standard InChI is InChI=1S/C23H25N5O3/c1-30-18-10-7-15(8-11-18)22(29)25-20-12-9-16(14-24-20)21-26-23(31-27-21)19-6-3-13-28(19)17-4-2-5-17/h7-12,14,17,19H,2-6,13H2,1H3,(H,24,25,29)/t19-/m0/s1. The van der Waals surface area contributed by atoms with Crippen molar-refractivity contribution in [2.75, 3.05) is 19.0 Å². The highest BCUT2D eigenvalue weighted by Crippen LogP contribution is 2.38. The summed E-state index contributed by atoms with van der Waals surface area (Å²) in [5.41, 5.74) is 1.28. The Morgan fingerprint density at radius 2 is 1.97 bits per heavy atom. The Kier molecular flexibility index (Phi) is 5.38. The Balaban J connectivity index is 1.25. The van der Waals surface area contributed by atoms with Crippen molar-refractivity contribution in [3.8, 4) is 17.1 Å². The van der Waals surface area contributed by atoms with E-state index in [-0.39, 0.29) is 11.9 Å². The number of rotatable bonds is 6. The number of benzene rings is 1. The normalized spacial score (nSPS) is 19.2. The van der Waals surface area contributed by atoms with Crippen LogP contribution in [0, 0.1) is 0 Å². The minimum Gasteiger partial charge on any atom is -0.497 e. The predicted molar refractivity (Wildman–Crippen MR) is 115 cm³/mol. The molecule has 0 spiro atoms. The Morgan fingerprint density at radius 3 is 2.65 bits per heavy atom. The maximum Gasteiger partial charge on any atom is 0.256 e. The topological polar surface area (TPSA) is 93.4 Å². The number of nitrogens with zero attached hydrogens (tertiary/aromatic N) is 4. The molecule has 5 rings (SSSR count). The lowest BCUT2D eigenvalue weighted by atomic mass is 9.91. The Hall–Kier alpha value is -3.26. The van der Waals surface area contributed by atoms with Gasteiger partial charge in [0.25, 0.3) is 5.91 Å². The van der Waals surface area contributed by atoms with Gasteiger partial charge < -0.3 is 14.6 Å². The number of ether oxygens (including phenoxy) is 1. The van der Waals surface area contributed by atoms with E-state index in [1.807, 2.05) is 6.07 Å². The molecule has 1 aliphatic carbocycles. The molecule has 3 aromatic rings. The van der Waals surface area contributed by atoms with Crippen LogP contribution in [0.3, 0.4) is 0 Å². The molecule has 3 heterocycles. The molecule has 1 saturated heterocycles. The number of hydrogen-bond donors (Lipinski definition) is 1. The predicted octanol–water partition coefficient (Wildman–Crippen LogP) is 4.08. The first-order chi connectivity index (χ1) is 15.2. The lowest BCUT2D eigenvalue weighted by Gasteiger charge is -2.37. The summed E-state index contributed by atoms with van der Waals surface area (Å²) in [6.07, 6.45) is 7.73. The van der Waals surface area contributed by atoms with Crippen LogP contribution in [-0.4, -0.2) is 45.6 Å². The van der Waals surface area contributed by atoms with Crippen molar-refractivity contribution in [3.63, 3.8) is 0 Å². The van der Waals surface area contributed by atoms with E-state index >= 15 is 0 Å². The van der Waals surface area contributed by atoms with Gasteiger partial charge >= 0.3 is 0 Å². The molecule has 1 saturated carbocycles. The molecule has 0 bridgehead atoms. The van der Waals surface area contributed by atoms with E-state index in [0.717, 1.165) is 18.5 Å². The number of carbonyl (C=O) groups is 1. The van der Waals surface area contributed by atoms with Gasteiger partial charge in [0, 0.05) is 23.4 Å². The van der Waals surface area contributed by atoms with Gasteiger partial charge in [0.05, 0.1) is 13.2 Å². The largest absolute Gasteiger partial charge is 0.497 e. The third kappa shape index (κ3) is 4.03. The Morgan fingerprint density at radius 1 is 1.13 bits per heavy atom. The molecule has 8 nitrogen and oxygen atoms in total. The summed E-state index contributed by atoms with van der Waals surface area (Å²) in [6.45, 7) is 1.11. The SMILES string of the molecule is COc1ccc(C(=O)Nc2ccc(-c3noc([C@@H]4CCCN4C4CCC4)n3)cn2)cc1. The van der Waals surface area contributed by atoms with E-state index in [1.54, 1.807) is 43.6 Å². The number of hydrogen-bond acceptors (Lipinski definition) is 7. The van der Waals surface area contributed by atoms with Gasteiger partial charge in [-0.15, -0.1) is 0 Å². The summed E-state index contributed by atoms with van der Waals surface area (Å²) in [5.74, 6) is 2.14. The molecule has 2 fully saturated rings. The molecule has 1 amide bonds. The van der Waals surface area contributed by atoms with Crippen LogP contribution in [0.25, 0.3) is 11.4 Å². The van der Waals surface area contributed by atoms with Crippen molar-refractivity contribution >= 4 is 11.7 Å². The molecule has 8 heteroatoms. The highest BCUT2D eigenvalue weighted by atomic mass is 16.5. The molecule has 0 radical (unpaired) electrons. The van der Waals surface area contributed by atoms with Crippen molar-refractivity contribution < 1.29 is 14.1 Å². The van der Waals surface area contributed by atoms with Crippen LogP contribution in [0.1, 0.15) is 54.4 Å². The van der Waals surface area contributed by atoms with Gasteiger partial charge in [-0.2, -0.15) is 4.98 Å². The van der Waals surface area contributed by atoms with Crippen LogP contribution in [0.4, 0.5) is 5.82 Å². The zero-order valence-electron chi connectivity index (χ0n) is 17.5. The number of aromatic nitrogens is 3. The molecule has 1 aromatic carbocycles. The highest BCUT2D eigenvalue weighted by Gasteiger charge is 2.37. The van der Waals surface area contributed by atoms with Crippen LogP contribution >= 0.6 is 0 Å². The number of nitrogens with one attached hydrogen (secondary N) is 1. The molecule has 1 N–H and O–H groups in total. The molecule has 31 heavy (non-hydrogen) atoms. The first-order valence-electron chi connectivity index (χ1n) is 10.7. The van der Waals surface area contributed by atoms with E-state index < -0.39 is 0 Å². The lowest BCUT2D eigenvalue weighted by Crippen LogP contribution is -2.39. The fourth-order valence-corrected chi connectivity index (χ4v) is 4.23. The third-order valence-electron chi connectivity index (χ3n) is 6.18. The smallest absolute Gasteiger partial charge is 0.256 e. The van der Waals surface area contributed by atoms with Crippen molar-refractivity contribution in [2.24, 2.45) is 0 Å². The summed E-state index contributed by atoms with van der Waals surface area (Å²) in [6, 6.07) is 11.4. The second-order valence-electron chi connectivity index (χ2n) is 8.05. The number of anilines is 1. The Bertz CT molecular complexity index is 1040. The van der Waals surface area contributed by atoms with Crippen LogP contribution in [0.15, 0.2) is 47.1 Å². The molecule has 1 aliphatic heterocycles. The van der Waals surface area contributed by atoms with E-state index in [1.165, 1.54) is 25.7 Å². The van der Waals surface area contributed by atoms with E-state index in [0.29, 0.717) is 34.9 Å². The monoisotopic (exact) mass is 419 g/mol. The number of likely N-dealkylation sites (tertiary alicyclic amines) is 1. The summed E-state index contributed by atoms with van der Waals surface area (Å²) >= 11 is 0. The molecule has 2 aliphatic rings. The summed E-state index contributed by atoms with van der Waals surface area (Å²) < 4.78 is 10.7. The van der Waals surface area contributed by atoms with Crippen molar-refractivity contribution in [1.82, 2.24) is 20.0 Å². The van der Waals surface area contributed by atoms with Gasteiger partial charge in [0.1, 0.15) is 11.6 Å². The van der Waals surface area contributed by atoms with E-state index in [2.05, 4.69) is 25.3 Å². The third-order valence-corrected chi connectivity index (χ3v) is 6.18. The fraction of sp³-hybridized carbons (Fsp3) is 0.391. The highest BCUT2D eigenvalue weighted by molar-refractivity contribution is 6.03. The molecule has 0 unspecified atom stereocenters. The van der Waals surface area contributed by atoms with Gasteiger partial charge in [-0.25, -0.2) is 4.98 Å². The number of methoxy groups -OCH3 is 1. The quantitative estimate of drug-likeness (QED) is 0.643. The average Bonchev–Trinajstić information content (AvgIpc) is 3.43. The average molecular weight is 419 g/mol. The molecular weight excluding hydrogens is 394 g/mol. The fourth-order valence-electron chi connectivity index (χ4n) is 4.23. The Labute approximate surface area is 180 Å². The lowest BCUT2D eigenvalue weighted by molar-refractivity contribution is 0.0966. The van der Waals surface area contributed by atoms with Gasteiger partial charge in [0.2, 0.25) is 11.7 Å². The minimum absolute atomic E-state index is 0.225. The number of amides is 1. The van der Waals surface area contributed by atoms with E-state index in [4.69, 9.17) is 9.26 Å². The molecule has 2 aromatic heterocycles. The van der Waals surface area contributed by atoms with Gasteiger partial charge in [0.15, 0.2) is 0 Å². The van der Waals surface area contributed by atoms with Crippen LogP contribution in [-0.2, 0) is 0 Å². The minimum atomic E-state index is -0.234. The van der Waals surface area contributed by atoms with Crippen LogP contribution in [0.5, 0.6) is 5.75 Å². The maximum absolute atomic E-state index is 12.4. The maximum atomic E-state index is 12.4. The zero-order chi connectivity index (χ0) is 21.2. The second kappa shape index (κ2) is 8.47. The molecule has 160 valence electrons. The van der Waals surface area contributed by atoms with Crippen molar-refractivity contribution in [2.45, 2.75) is 44.2 Å². The number of pyridine rings is 1. The van der Waals surface area contributed by atoms with Gasteiger partial charge in [-0.3, -0.25) is 9.69 Å². The van der Waals surface area contributed by atoms with Crippen molar-refractivity contribution in [1.29, 1.82) is 0 Å². The number of carbonyl (C=O) groups excluding carboxylic acids is 1. The first-order valence-corrected chi connectivity index (χ1v) is 10.7. The summed E-state index contributed by atoms with van der Waals surface area (Å²) in [7, 11) is 1.59. The van der Waals surface area contributed by atoms with E-state index in [9.17, 15) is 4.79 Å². The summed E-state index contributed by atoms with van der Waals surface area (Å²) in [5, 5.41) is 6.96. The molecular formula is C23H25N5O3. The first kappa shape index (κ1) is 19.7. The van der Waals surface area contributed by atoms with Crippen LogP contribution < -0.4 is 10.1 Å². The zero-order valence-corrected chi connectivity index (χ0v) is 17.5. The van der Waals surface area contributed by atoms with Crippen LogP contribution in [0.2, 0.25) is 0 Å².